The lowest BCUT2D eigenvalue weighted by atomic mass is 9.76. The molecule has 138 valence electrons. The molecular weight excluding hydrogens is 314 g/mol. The van der Waals surface area contributed by atoms with Gasteiger partial charge in [-0.15, -0.1) is 0 Å². The first-order valence-corrected chi connectivity index (χ1v) is 9.35. The number of nitriles is 1. The van der Waals surface area contributed by atoms with Crippen LogP contribution < -0.4 is 5.32 Å². The minimum absolute atomic E-state index is 0.340. The number of piperidine rings is 1. The summed E-state index contributed by atoms with van der Waals surface area (Å²) in [6, 6.07) is 2.38. The molecular formula is C20H31N3O2. The number of ether oxygens (including phenoxy) is 1. The highest BCUT2D eigenvalue weighted by molar-refractivity contribution is 5.67. The first kappa shape index (κ1) is 19.5. The van der Waals surface area contributed by atoms with Gasteiger partial charge in [0, 0.05) is 18.0 Å². The van der Waals surface area contributed by atoms with Crippen LogP contribution in [0.2, 0.25) is 0 Å². The van der Waals surface area contributed by atoms with Crippen molar-refractivity contribution < 1.29 is 9.53 Å². The number of hydrogen-bond donors (Lipinski definition) is 1. The Bertz CT molecular complexity index is 546. The summed E-state index contributed by atoms with van der Waals surface area (Å²) in [5.74, 6) is 1.03. The molecule has 5 heteroatoms. The summed E-state index contributed by atoms with van der Waals surface area (Å²) in [6.07, 6.45) is 10.1. The molecule has 0 spiro atoms. The Labute approximate surface area is 151 Å². The van der Waals surface area contributed by atoms with E-state index in [0.29, 0.717) is 18.4 Å². The van der Waals surface area contributed by atoms with Gasteiger partial charge in [-0.25, -0.2) is 4.79 Å². The van der Waals surface area contributed by atoms with Crippen LogP contribution in [0.15, 0.2) is 23.8 Å². The molecule has 1 aliphatic heterocycles. The number of nitrogens with one attached hydrogen (secondary N) is 1. The number of allylic oxidation sites excluding steroid dienone is 4. The third-order valence-electron chi connectivity index (χ3n) is 4.85. The molecule has 1 N–H and O–H groups in total. The minimum Gasteiger partial charge on any atom is -0.444 e. The summed E-state index contributed by atoms with van der Waals surface area (Å²) in [7, 11) is 0. The average Bonchev–Trinajstić information content (AvgIpc) is 2.58. The van der Waals surface area contributed by atoms with Crippen molar-refractivity contribution in [1.29, 1.82) is 5.26 Å². The van der Waals surface area contributed by atoms with Crippen molar-refractivity contribution in [2.24, 2.45) is 11.8 Å². The van der Waals surface area contributed by atoms with Crippen molar-refractivity contribution >= 4 is 6.09 Å². The molecule has 25 heavy (non-hydrogen) atoms. The van der Waals surface area contributed by atoms with E-state index in [1.54, 1.807) is 0 Å². The van der Waals surface area contributed by atoms with Crippen molar-refractivity contribution in [3.63, 3.8) is 0 Å². The van der Waals surface area contributed by atoms with Gasteiger partial charge in [-0.1, -0.05) is 12.2 Å². The molecule has 1 saturated heterocycles. The fourth-order valence-corrected chi connectivity index (χ4v) is 3.60. The number of rotatable bonds is 5. The average molecular weight is 345 g/mol. The molecule has 1 aliphatic carbocycles. The van der Waals surface area contributed by atoms with E-state index in [1.807, 2.05) is 32.9 Å². The maximum Gasteiger partial charge on any atom is 0.407 e. The fraction of sp³-hybridized carbons (Fsp3) is 0.700. The zero-order chi connectivity index (χ0) is 18.3. The van der Waals surface area contributed by atoms with E-state index in [0.717, 1.165) is 50.9 Å². The smallest absolute Gasteiger partial charge is 0.407 e. The van der Waals surface area contributed by atoms with Crippen LogP contribution in [-0.2, 0) is 4.74 Å². The highest BCUT2D eigenvalue weighted by Crippen LogP contribution is 2.34. The molecule has 2 rings (SSSR count). The number of hydrogen-bond acceptors (Lipinski definition) is 4. The Morgan fingerprint density at radius 1 is 1.40 bits per heavy atom. The van der Waals surface area contributed by atoms with E-state index in [1.165, 1.54) is 0 Å². The van der Waals surface area contributed by atoms with Crippen LogP contribution in [0.5, 0.6) is 0 Å². The number of carbonyl (C=O) groups excluding carboxylic acids is 1. The van der Waals surface area contributed by atoms with Crippen LogP contribution in [0.1, 0.15) is 46.5 Å². The van der Waals surface area contributed by atoms with Crippen LogP contribution >= 0.6 is 0 Å². The standard InChI is InChI=1S/C20H31N3O2/c1-20(2,3)25-19(24)22-11-6-12-23-13-9-16(10-14-23)18-8-5-4-7-17(18)15-21/h4-5,7,16,18H,6,8-14H2,1-3H3,(H,22,24). The molecule has 0 bridgehead atoms. The van der Waals surface area contributed by atoms with Crippen LogP contribution in [0.25, 0.3) is 0 Å². The zero-order valence-electron chi connectivity index (χ0n) is 15.8. The van der Waals surface area contributed by atoms with E-state index in [9.17, 15) is 10.1 Å². The third-order valence-corrected chi connectivity index (χ3v) is 4.85. The van der Waals surface area contributed by atoms with Crippen molar-refractivity contribution in [1.82, 2.24) is 10.2 Å². The molecule has 0 aromatic rings. The van der Waals surface area contributed by atoms with Gasteiger partial charge < -0.3 is 15.0 Å². The second kappa shape index (κ2) is 9.05. The summed E-state index contributed by atoms with van der Waals surface area (Å²) >= 11 is 0. The number of likely N-dealkylation sites (tertiary alicyclic amines) is 1. The maximum atomic E-state index is 11.6. The molecule has 1 amide bonds. The molecule has 1 fully saturated rings. The Balaban J connectivity index is 1.63. The monoisotopic (exact) mass is 345 g/mol. The zero-order valence-corrected chi connectivity index (χ0v) is 15.8. The highest BCUT2D eigenvalue weighted by atomic mass is 16.6. The van der Waals surface area contributed by atoms with Gasteiger partial charge in [-0.05, 0) is 78.1 Å². The third kappa shape index (κ3) is 6.55. The first-order valence-electron chi connectivity index (χ1n) is 9.35. The highest BCUT2D eigenvalue weighted by Gasteiger charge is 2.29. The number of nitrogens with zero attached hydrogens (tertiary/aromatic N) is 2. The first-order chi connectivity index (χ1) is 11.9. The molecule has 1 unspecified atom stereocenters. The van der Waals surface area contributed by atoms with Crippen LogP contribution in [-0.4, -0.2) is 42.8 Å². The van der Waals surface area contributed by atoms with Crippen LogP contribution in [0, 0.1) is 23.2 Å². The van der Waals surface area contributed by atoms with Gasteiger partial charge in [0.15, 0.2) is 0 Å². The van der Waals surface area contributed by atoms with E-state index in [4.69, 9.17) is 4.74 Å². The number of amides is 1. The lowest BCUT2D eigenvalue weighted by Gasteiger charge is -2.36. The molecule has 0 saturated carbocycles. The Kier molecular flexibility index (Phi) is 7.07. The molecule has 0 aromatic heterocycles. The maximum absolute atomic E-state index is 11.6. The van der Waals surface area contributed by atoms with Crippen molar-refractivity contribution in [3.8, 4) is 6.07 Å². The predicted octanol–water partition coefficient (Wildman–Crippen LogP) is 3.64. The van der Waals surface area contributed by atoms with Gasteiger partial charge in [0.05, 0.1) is 6.07 Å². The van der Waals surface area contributed by atoms with Gasteiger partial charge in [-0.2, -0.15) is 5.26 Å². The van der Waals surface area contributed by atoms with E-state index in [2.05, 4.69) is 22.4 Å². The Hall–Kier alpha value is -1.80. The summed E-state index contributed by atoms with van der Waals surface area (Å²) in [6.45, 7) is 9.40. The minimum atomic E-state index is -0.447. The summed E-state index contributed by atoms with van der Waals surface area (Å²) in [4.78, 5) is 14.1. The van der Waals surface area contributed by atoms with Gasteiger partial charge in [0.1, 0.15) is 5.60 Å². The fourth-order valence-electron chi connectivity index (χ4n) is 3.60. The second-order valence-electron chi connectivity index (χ2n) is 7.97. The Morgan fingerprint density at radius 3 is 2.76 bits per heavy atom. The lowest BCUT2D eigenvalue weighted by Crippen LogP contribution is -2.38. The number of alkyl carbamates (subject to hydrolysis) is 1. The van der Waals surface area contributed by atoms with Crippen molar-refractivity contribution in [2.45, 2.75) is 52.1 Å². The SMILES string of the molecule is CC(C)(C)OC(=O)NCCCN1CCC(C2CC=CC=C2C#N)CC1. The second-order valence-corrected chi connectivity index (χ2v) is 7.97. The van der Waals surface area contributed by atoms with Crippen molar-refractivity contribution in [2.75, 3.05) is 26.2 Å². The van der Waals surface area contributed by atoms with Crippen LogP contribution in [0.3, 0.4) is 0 Å². The Morgan fingerprint density at radius 2 is 2.12 bits per heavy atom. The summed E-state index contributed by atoms with van der Waals surface area (Å²) < 4.78 is 5.23. The van der Waals surface area contributed by atoms with Crippen LogP contribution in [0.4, 0.5) is 4.79 Å². The molecule has 1 atom stereocenters. The van der Waals surface area contributed by atoms with Crippen molar-refractivity contribution in [3.05, 3.63) is 23.8 Å². The van der Waals surface area contributed by atoms with E-state index in [-0.39, 0.29) is 6.09 Å². The molecule has 1 heterocycles. The topological polar surface area (TPSA) is 65.4 Å². The normalized spacial score (nSPS) is 22.2. The quantitative estimate of drug-likeness (QED) is 0.773. The summed E-state index contributed by atoms with van der Waals surface area (Å²) in [5, 5.41) is 12.1. The van der Waals surface area contributed by atoms with Gasteiger partial charge >= 0.3 is 6.09 Å². The van der Waals surface area contributed by atoms with E-state index < -0.39 is 5.60 Å². The predicted molar refractivity (Wildman–Crippen MR) is 99.0 cm³/mol. The largest absolute Gasteiger partial charge is 0.444 e. The van der Waals surface area contributed by atoms with E-state index >= 15 is 0 Å². The van der Waals surface area contributed by atoms with Gasteiger partial charge in [-0.3, -0.25) is 0 Å². The molecule has 0 radical (unpaired) electrons. The summed E-state index contributed by atoms with van der Waals surface area (Å²) in [5.41, 5.74) is 0.499. The number of carbonyl (C=O) groups is 1. The molecule has 0 aromatic carbocycles. The van der Waals surface area contributed by atoms with Gasteiger partial charge in [0.2, 0.25) is 0 Å². The lowest BCUT2D eigenvalue weighted by molar-refractivity contribution is 0.0524. The molecule has 5 nitrogen and oxygen atoms in total. The van der Waals surface area contributed by atoms with Gasteiger partial charge in [0.25, 0.3) is 0 Å². The molecule has 2 aliphatic rings.